The summed E-state index contributed by atoms with van der Waals surface area (Å²) in [6, 6.07) is 3.67. The molecule has 1 aromatic carbocycles. The summed E-state index contributed by atoms with van der Waals surface area (Å²) >= 11 is 0. The molecule has 0 radical (unpaired) electrons. The van der Waals surface area contributed by atoms with Gasteiger partial charge in [-0.1, -0.05) is 20.8 Å². The predicted octanol–water partition coefficient (Wildman–Crippen LogP) is 1.07. The van der Waals surface area contributed by atoms with Gasteiger partial charge in [0.05, 0.1) is 19.7 Å². The van der Waals surface area contributed by atoms with Crippen molar-refractivity contribution in [2.45, 2.75) is 32.6 Å². The summed E-state index contributed by atoms with van der Waals surface area (Å²) < 4.78 is 10.5. The molecule has 0 saturated carbocycles. The van der Waals surface area contributed by atoms with Gasteiger partial charge >= 0.3 is 7.12 Å². The van der Waals surface area contributed by atoms with Crippen LogP contribution in [0.1, 0.15) is 32.8 Å². The molecule has 18 heavy (non-hydrogen) atoms. The molecule has 0 bridgehead atoms. The van der Waals surface area contributed by atoms with Crippen molar-refractivity contribution in [2.75, 3.05) is 14.2 Å². The molecule has 100 valence electrons. The van der Waals surface area contributed by atoms with Crippen molar-refractivity contribution in [1.29, 1.82) is 0 Å². The van der Waals surface area contributed by atoms with E-state index >= 15 is 0 Å². The Balaban J connectivity index is 3.44. The minimum absolute atomic E-state index is 0.0283. The summed E-state index contributed by atoms with van der Waals surface area (Å²) in [6.07, 6.45) is 0.959. The van der Waals surface area contributed by atoms with Crippen LogP contribution in [-0.4, -0.2) is 31.4 Å². The lowest BCUT2D eigenvalue weighted by molar-refractivity contribution is 0.381. The molecule has 0 fully saturated rings. The highest BCUT2D eigenvalue weighted by Crippen LogP contribution is 2.32. The molecule has 0 amide bonds. The molecule has 0 atom stereocenters. The first-order valence-corrected chi connectivity index (χ1v) is 6.00. The van der Waals surface area contributed by atoms with Crippen LogP contribution in [0.5, 0.6) is 11.5 Å². The zero-order valence-electron chi connectivity index (χ0n) is 11.7. The third-order valence-corrected chi connectivity index (χ3v) is 3.47. The molecule has 0 spiro atoms. The molecule has 5 heteroatoms. The zero-order valence-corrected chi connectivity index (χ0v) is 11.7. The first kappa shape index (κ1) is 14.9. The van der Waals surface area contributed by atoms with Crippen molar-refractivity contribution in [3.05, 3.63) is 17.7 Å². The average Bonchev–Trinajstić information content (AvgIpc) is 2.36. The van der Waals surface area contributed by atoms with Gasteiger partial charge in [0, 0.05) is 0 Å². The number of hydrogen-bond donors (Lipinski definition) is 2. The van der Waals surface area contributed by atoms with E-state index in [2.05, 4.69) is 20.8 Å². The van der Waals surface area contributed by atoms with Crippen molar-refractivity contribution in [3.63, 3.8) is 0 Å². The highest BCUT2D eigenvalue weighted by Gasteiger charge is 2.27. The summed E-state index contributed by atoms with van der Waals surface area (Å²) in [5, 5.41) is 18.8. The average molecular weight is 252 g/mol. The van der Waals surface area contributed by atoms with E-state index in [1.54, 1.807) is 0 Å². The Morgan fingerprint density at radius 1 is 1.11 bits per heavy atom. The molecular weight excluding hydrogens is 231 g/mol. The molecule has 0 aromatic heterocycles. The summed E-state index contributed by atoms with van der Waals surface area (Å²) in [6.45, 7) is 6.35. The van der Waals surface area contributed by atoms with Gasteiger partial charge < -0.3 is 19.5 Å². The Kier molecular flexibility index (Phi) is 4.65. The maximum Gasteiger partial charge on any atom is 0.496 e. The molecule has 2 N–H and O–H groups in total. The standard InChI is InChI=1S/C13H21BO4/c1-6-13(2,3)9-7-10(17-4)12(14(15)16)11(8-9)18-5/h7-8,15-16H,6H2,1-5H3. The zero-order chi connectivity index (χ0) is 13.9. The predicted molar refractivity (Wildman–Crippen MR) is 72.7 cm³/mol. The van der Waals surface area contributed by atoms with E-state index in [4.69, 9.17) is 9.47 Å². The first-order chi connectivity index (χ1) is 8.37. The van der Waals surface area contributed by atoms with Crippen LogP contribution in [-0.2, 0) is 5.41 Å². The van der Waals surface area contributed by atoms with E-state index in [1.807, 2.05) is 12.1 Å². The molecule has 0 aliphatic carbocycles. The third-order valence-electron chi connectivity index (χ3n) is 3.47. The first-order valence-electron chi connectivity index (χ1n) is 6.00. The third kappa shape index (κ3) is 2.79. The normalized spacial score (nSPS) is 11.3. The molecule has 0 saturated heterocycles. The Labute approximate surface area is 109 Å². The highest BCUT2D eigenvalue weighted by molar-refractivity contribution is 6.61. The SMILES string of the molecule is CCC(C)(C)c1cc(OC)c(B(O)O)c(OC)c1. The van der Waals surface area contributed by atoms with E-state index in [0.717, 1.165) is 12.0 Å². The number of hydrogen-bond acceptors (Lipinski definition) is 4. The van der Waals surface area contributed by atoms with Crippen LogP contribution in [0.3, 0.4) is 0 Å². The number of benzene rings is 1. The number of methoxy groups -OCH3 is 2. The Morgan fingerprint density at radius 2 is 1.56 bits per heavy atom. The minimum Gasteiger partial charge on any atom is -0.497 e. The molecule has 1 rings (SSSR count). The highest BCUT2D eigenvalue weighted by atomic mass is 16.5. The van der Waals surface area contributed by atoms with Crippen molar-refractivity contribution < 1.29 is 19.5 Å². The topological polar surface area (TPSA) is 58.9 Å². The van der Waals surface area contributed by atoms with Gasteiger partial charge in [0.1, 0.15) is 11.5 Å². The van der Waals surface area contributed by atoms with E-state index in [-0.39, 0.29) is 10.9 Å². The van der Waals surface area contributed by atoms with Gasteiger partial charge in [-0.25, -0.2) is 0 Å². The van der Waals surface area contributed by atoms with E-state index in [9.17, 15) is 10.0 Å². The van der Waals surface area contributed by atoms with Crippen LogP contribution in [0.15, 0.2) is 12.1 Å². The van der Waals surface area contributed by atoms with Crippen molar-refractivity contribution >= 4 is 12.6 Å². The summed E-state index contributed by atoms with van der Waals surface area (Å²) in [4.78, 5) is 0. The number of ether oxygens (including phenoxy) is 2. The van der Waals surface area contributed by atoms with Crippen LogP contribution in [0, 0.1) is 0 Å². The molecule has 0 aliphatic rings. The van der Waals surface area contributed by atoms with Gasteiger partial charge in [0.2, 0.25) is 0 Å². The van der Waals surface area contributed by atoms with Crippen LogP contribution < -0.4 is 14.9 Å². The second-order valence-corrected chi connectivity index (χ2v) is 4.91. The van der Waals surface area contributed by atoms with Crippen molar-refractivity contribution in [2.24, 2.45) is 0 Å². The number of rotatable bonds is 5. The van der Waals surface area contributed by atoms with Crippen molar-refractivity contribution in [3.8, 4) is 11.5 Å². The van der Waals surface area contributed by atoms with Gasteiger partial charge in [0.15, 0.2) is 0 Å². The molecular formula is C13H21BO4. The second kappa shape index (κ2) is 5.63. The molecule has 4 nitrogen and oxygen atoms in total. The lowest BCUT2D eigenvalue weighted by Gasteiger charge is -2.25. The largest absolute Gasteiger partial charge is 0.497 e. The maximum absolute atomic E-state index is 9.39. The van der Waals surface area contributed by atoms with Gasteiger partial charge in [-0.3, -0.25) is 0 Å². The molecule has 0 unspecified atom stereocenters. The Morgan fingerprint density at radius 3 is 1.83 bits per heavy atom. The lowest BCUT2D eigenvalue weighted by Crippen LogP contribution is -2.33. The Bertz CT molecular complexity index is 390. The van der Waals surface area contributed by atoms with Gasteiger partial charge in [-0.15, -0.1) is 0 Å². The van der Waals surface area contributed by atoms with E-state index < -0.39 is 7.12 Å². The fourth-order valence-corrected chi connectivity index (χ4v) is 1.79. The van der Waals surface area contributed by atoms with Crippen molar-refractivity contribution in [1.82, 2.24) is 0 Å². The van der Waals surface area contributed by atoms with Crippen LogP contribution in [0.4, 0.5) is 0 Å². The smallest absolute Gasteiger partial charge is 0.496 e. The van der Waals surface area contributed by atoms with Crippen LogP contribution >= 0.6 is 0 Å². The summed E-state index contributed by atoms with van der Waals surface area (Å²) in [5.74, 6) is 0.863. The molecule has 0 heterocycles. The van der Waals surface area contributed by atoms with Crippen LogP contribution in [0.2, 0.25) is 0 Å². The summed E-state index contributed by atoms with van der Waals surface area (Å²) in [5.41, 5.74) is 1.28. The molecule has 0 aliphatic heterocycles. The van der Waals surface area contributed by atoms with Gasteiger partial charge in [-0.05, 0) is 29.5 Å². The van der Waals surface area contributed by atoms with E-state index in [0.29, 0.717) is 11.5 Å². The fraction of sp³-hybridized carbons (Fsp3) is 0.538. The summed E-state index contributed by atoms with van der Waals surface area (Å²) in [7, 11) is 1.39. The minimum atomic E-state index is -1.62. The van der Waals surface area contributed by atoms with E-state index in [1.165, 1.54) is 14.2 Å². The van der Waals surface area contributed by atoms with Gasteiger partial charge in [0.25, 0.3) is 0 Å². The molecule has 1 aromatic rings. The second-order valence-electron chi connectivity index (χ2n) is 4.91. The monoisotopic (exact) mass is 252 g/mol. The fourth-order valence-electron chi connectivity index (χ4n) is 1.79. The van der Waals surface area contributed by atoms with Gasteiger partial charge in [-0.2, -0.15) is 0 Å². The Hall–Kier alpha value is -1.20. The van der Waals surface area contributed by atoms with Crippen LogP contribution in [0.25, 0.3) is 0 Å². The quantitative estimate of drug-likeness (QED) is 0.769. The maximum atomic E-state index is 9.39. The lowest BCUT2D eigenvalue weighted by atomic mass is 9.75.